The molecule has 1 atom stereocenters. The third-order valence-electron chi connectivity index (χ3n) is 14.7. The van der Waals surface area contributed by atoms with Crippen molar-refractivity contribution in [3.05, 3.63) is 288 Å². The number of fused-ring (bicyclic) bond motifs is 10. The van der Waals surface area contributed by atoms with Crippen LogP contribution in [0.4, 0.5) is 0 Å². The zero-order valence-electron chi connectivity index (χ0n) is 37.1. The fourth-order valence-corrected chi connectivity index (χ4v) is 11.8. The maximum atomic E-state index is 7.27. The van der Waals surface area contributed by atoms with Gasteiger partial charge in [0.1, 0.15) is 22.3 Å². The molecule has 1 aliphatic carbocycles. The second-order valence-corrected chi connectivity index (χ2v) is 18.2. The maximum Gasteiger partial charge on any atom is 0.144 e. The molecule has 11 aromatic carbocycles. The Kier molecular flexibility index (Phi) is 8.60. The van der Waals surface area contributed by atoms with Gasteiger partial charge in [-0.2, -0.15) is 0 Å². The van der Waals surface area contributed by atoms with E-state index in [0.29, 0.717) is 0 Å². The predicted molar refractivity (Wildman–Crippen MR) is 281 cm³/mol. The highest BCUT2D eigenvalue weighted by molar-refractivity contribution is 6.25. The molecule has 13 aromatic rings. The number of benzene rings is 11. The van der Waals surface area contributed by atoms with Gasteiger partial charge in [-0.25, -0.2) is 0 Å². The summed E-state index contributed by atoms with van der Waals surface area (Å²) in [7, 11) is 0. The Morgan fingerprint density at radius 3 is 1.72 bits per heavy atom. The lowest BCUT2D eigenvalue weighted by Gasteiger charge is -2.34. The summed E-state index contributed by atoms with van der Waals surface area (Å²) in [6.07, 6.45) is 0. The van der Waals surface area contributed by atoms with E-state index in [1.165, 1.54) is 72.0 Å². The van der Waals surface area contributed by atoms with Crippen LogP contribution in [-0.2, 0) is 5.41 Å². The van der Waals surface area contributed by atoms with Crippen LogP contribution in [0.2, 0.25) is 0 Å². The Hall–Kier alpha value is -8.72. The van der Waals surface area contributed by atoms with E-state index in [0.717, 1.165) is 55.0 Å². The Labute approximate surface area is 394 Å². The summed E-state index contributed by atoms with van der Waals surface area (Å²) >= 11 is 0. The minimum Gasteiger partial charge on any atom is -0.456 e. The van der Waals surface area contributed by atoms with Crippen LogP contribution in [0.1, 0.15) is 44.9 Å². The van der Waals surface area contributed by atoms with Crippen LogP contribution in [0.25, 0.3) is 88.0 Å². The summed E-state index contributed by atoms with van der Waals surface area (Å²) in [5, 5.41) is 6.68. The van der Waals surface area contributed by atoms with Crippen molar-refractivity contribution in [2.24, 2.45) is 0 Å². The molecule has 0 bridgehead atoms. The van der Waals surface area contributed by atoms with Gasteiger partial charge in [-0.3, -0.25) is 0 Å². The Bertz CT molecular complexity index is 4020. The van der Waals surface area contributed by atoms with Crippen molar-refractivity contribution in [1.29, 1.82) is 0 Å². The molecule has 1 unspecified atom stereocenters. The number of rotatable bonds is 7. The molecule has 0 amide bonds. The molecule has 0 N–H and O–H groups in total. The standard InChI is InChI=1S/C66H42O2/c1-4-18-42(19-5-1)43-34-36-45(37-35-43)61(50-29-16-21-44-20-10-11-26-49(44)50)46-38-39-59-54(40-46)55-41-60-63(52-28-13-15-33-58(52)67-60)64(65(55)68-59)53-30-17-32-57-62(53)51-27-12-14-31-56(51)66(57,47-22-6-2-7-23-47)48-24-8-3-9-25-48/h1-41,61H. The van der Waals surface area contributed by atoms with Crippen molar-refractivity contribution in [3.8, 4) is 33.4 Å². The van der Waals surface area contributed by atoms with Crippen LogP contribution in [-0.4, -0.2) is 0 Å². The van der Waals surface area contributed by atoms with Crippen molar-refractivity contribution in [2.75, 3.05) is 0 Å². The molecule has 2 heterocycles. The monoisotopic (exact) mass is 866 g/mol. The van der Waals surface area contributed by atoms with E-state index in [2.05, 4.69) is 249 Å². The highest BCUT2D eigenvalue weighted by Gasteiger charge is 2.47. The fraction of sp³-hybridized carbons (Fsp3) is 0.0303. The average molecular weight is 867 g/mol. The van der Waals surface area contributed by atoms with Crippen molar-refractivity contribution in [2.45, 2.75) is 11.3 Å². The lowest BCUT2D eigenvalue weighted by atomic mass is 9.67. The van der Waals surface area contributed by atoms with E-state index in [9.17, 15) is 0 Å². The van der Waals surface area contributed by atoms with Crippen LogP contribution in [0.3, 0.4) is 0 Å². The quantitative estimate of drug-likeness (QED) is 0.149. The Morgan fingerprint density at radius 1 is 0.338 bits per heavy atom. The van der Waals surface area contributed by atoms with Crippen molar-refractivity contribution >= 4 is 54.6 Å². The molecule has 0 saturated heterocycles. The first kappa shape index (κ1) is 38.5. The van der Waals surface area contributed by atoms with Crippen molar-refractivity contribution < 1.29 is 8.83 Å². The van der Waals surface area contributed by atoms with Gasteiger partial charge in [-0.15, -0.1) is 0 Å². The largest absolute Gasteiger partial charge is 0.456 e. The van der Waals surface area contributed by atoms with Gasteiger partial charge in [0.05, 0.1) is 5.41 Å². The molecule has 0 spiro atoms. The van der Waals surface area contributed by atoms with Crippen LogP contribution < -0.4 is 0 Å². The molecule has 1 aliphatic rings. The summed E-state index contributed by atoms with van der Waals surface area (Å²) in [6.45, 7) is 0. The number of furan rings is 2. The van der Waals surface area contributed by atoms with Crippen LogP contribution in [0, 0.1) is 0 Å². The molecule has 0 aliphatic heterocycles. The molecule has 0 fully saturated rings. The molecular formula is C66H42O2. The normalized spacial score (nSPS) is 13.4. The Balaban J connectivity index is 1.05. The summed E-state index contributed by atoms with van der Waals surface area (Å²) in [6, 6.07) is 90.6. The first-order valence-corrected chi connectivity index (χ1v) is 23.5. The predicted octanol–water partition coefficient (Wildman–Crippen LogP) is 17.5. The van der Waals surface area contributed by atoms with Crippen LogP contribution in [0.15, 0.2) is 258 Å². The highest BCUT2D eigenvalue weighted by Crippen LogP contribution is 2.59. The van der Waals surface area contributed by atoms with Crippen molar-refractivity contribution in [3.63, 3.8) is 0 Å². The van der Waals surface area contributed by atoms with Crippen molar-refractivity contribution in [1.82, 2.24) is 0 Å². The van der Waals surface area contributed by atoms with E-state index < -0.39 is 5.41 Å². The zero-order chi connectivity index (χ0) is 44.8. The first-order valence-electron chi connectivity index (χ1n) is 23.5. The van der Waals surface area contributed by atoms with E-state index in [-0.39, 0.29) is 5.92 Å². The topological polar surface area (TPSA) is 26.3 Å². The third kappa shape index (κ3) is 5.64. The maximum absolute atomic E-state index is 7.27. The van der Waals surface area contributed by atoms with Gasteiger partial charge in [-0.05, 0) is 102 Å². The molecule has 0 radical (unpaired) electrons. The van der Waals surface area contributed by atoms with Gasteiger partial charge in [0.2, 0.25) is 0 Å². The SMILES string of the molecule is c1ccc(-c2ccc(C(c3ccc4oc5c(-c6cccc7c6-c6ccccc6C7(c6ccccc6)c6ccccc6)c6c(cc5c4c3)oc3ccccc36)c3cccc4ccccc34)cc2)cc1. The minimum absolute atomic E-state index is 0.0485. The Morgan fingerprint density at radius 2 is 0.926 bits per heavy atom. The van der Waals surface area contributed by atoms with Gasteiger partial charge in [-0.1, -0.05) is 224 Å². The summed E-state index contributed by atoms with van der Waals surface area (Å²) < 4.78 is 14.2. The molecule has 68 heavy (non-hydrogen) atoms. The van der Waals surface area contributed by atoms with Gasteiger partial charge in [0.15, 0.2) is 0 Å². The molecular weight excluding hydrogens is 825 g/mol. The van der Waals surface area contributed by atoms with E-state index in [1.54, 1.807) is 0 Å². The van der Waals surface area contributed by atoms with Gasteiger partial charge in [0.25, 0.3) is 0 Å². The van der Waals surface area contributed by atoms with Gasteiger partial charge >= 0.3 is 0 Å². The zero-order valence-corrected chi connectivity index (χ0v) is 37.1. The van der Waals surface area contributed by atoms with Gasteiger partial charge in [0, 0.05) is 33.0 Å². The van der Waals surface area contributed by atoms with Crippen LogP contribution in [0.5, 0.6) is 0 Å². The molecule has 2 aromatic heterocycles. The highest BCUT2D eigenvalue weighted by atomic mass is 16.3. The van der Waals surface area contributed by atoms with E-state index >= 15 is 0 Å². The fourth-order valence-electron chi connectivity index (χ4n) is 11.8. The summed E-state index contributed by atoms with van der Waals surface area (Å²) in [5.41, 5.74) is 18.5. The summed E-state index contributed by atoms with van der Waals surface area (Å²) in [5.74, 6) is -0.0485. The summed E-state index contributed by atoms with van der Waals surface area (Å²) in [4.78, 5) is 0. The molecule has 318 valence electrons. The number of hydrogen-bond donors (Lipinski definition) is 0. The molecule has 2 heteroatoms. The second kappa shape index (κ2) is 15.2. The third-order valence-corrected chi connectivity index (χ3v) is 14.7. The minimum atomic E-state index is -0.547. The lowest BCUT2D eigenvalue weighted by Crippen LogP contribution is -2.28. The molecule has 0 saturated carbocycles. The van der Waals surface area contributed by atoms with Crippen LogP contribution >= 0.6 is 0 Å². The second-order valence-electron chi connectivity index (χ2n) is 18.2. The van der Waals surface area contributed by atoms with E-state index in [4.69, 9.17) is 8.83 Å². The lowest BCUT2D eigenvalue weighted by molar-refractivity contribution is 0.664. The van der Waals surface area contributed by atoms with E-state index in [1.807, 2.05) is 0 Å². The first-order chi connectivity index (χ1) is 33.7. The average Bonchev–Trinajstić information content (AvgIpc) is 4.07. The molecule has 2 nitrogen and oxygen atoms in total. The smallest absolute Gasteiger partial charge is 0.144 e. The number of para-hydroxylation sites is 1. The molecule has 14 rings (SSSR count). The van der Waals surface area contributed by atoms with Gasteiger partial charge < -0.3 is 8.83 Å². The number of hydrogen-bond acceptors (Lipinski definition) is 2.